The van der Waals surface area contributed by atoms with E-state index < -0.39 is 6.09 Å². The van der Waals surface area contributed by atoms with E-state index in [1.54, 1.807) is 0 Å². The van der Waals surface area contributed by atoms with E-state index >= 15 is 0 Å². The fourth-order valence-electron chi connectivity index (χ4n) is 5.39. The van der Waals surface area contributed by atoms with E-state index in [2.05, 4.69) is 4.90 Å². The van der Waals surface area contributed by atoms with Crippen LogP contribution in [0.5, 0.6) is 0 Å². The van der Waals surface area contributed by atoms with E-state index in [0.717, 1.165) is 44.6 Å². The standard InChI is InChI=1S/C27H32N4O4/c32-25(22-4-2-1-3-5-22)29-16-14-28(15-17-29)24-18-31(19-24)26(33)23-8-6-20(7-9-23)21-10-12-30(13-11-21)27(34)35/h1-9,21,24H,10-19H2,(H,34,35). The number of piperidine rings is 1. The first-order valence-corrected chi connectivity index (χ1v) is 12.4. The third-order valence-electron chi connectivity index (χ3n) is 7.68. The first kappa shape index (κ1) is 23.4. The van der Waals surface area contributed by atoms with Crippen LogP contribution in [-0.4, -0.2) is 101 Å². The molecule has 2 aromatic rings. The van der Waals surface area contributed by atoms with Crippen molar-refractivity contribution < 1.29 is 19.5 Å². The van der Waals surface area contributed by atoms with Crippen molar-refractivity contribution in [1.82, 2.24) is 19.6 Å². The Bertz CT molecular complexity index is 1050. The molecule has 0 atom stereocenters. The van der Waals surface area contributed by atoms with E-state index in [9.17, 15) is 14.4 Å². The molecule has 0 spiro atoms. The van der Waals surface area contributed by atoms with Gasteiger partial charge in [0, 0.05) is 69.5 Å². The van der Waals surface area contributed by atoms with Gasteiger partial charge in [-0.3, -0.25) is 14.5 Å². The van der Waals surface area contributed by atoms with Gasteiger partial charge in [0.15, 0.2) is 0 Å². The Morgan fingerprint density at radius 3 is 1.83 bits per heavy atom. The zero-order chi connectivity index (χ0) is 24.4. The third-order valence-corrected chi connectivity index (χ3v) is 7.68. The van der Waals surface area contributed by atoms with Crippen molar-refractivity contribution in [2.75, 3.05) is 52.4 Å². The quantitative estimate of drug-likeness (QED) is 0.734. The van der Waals surface area contributed by atoms with Crippen LogP contribution < -0.4 is 0 Å². The molecule has 5 rings (SSSR count). The lowest BCUT2D eigenvalue weighted by atomic mass is 9.89. The number of benzene rings is 2. The minimum atomic E-state index is -0.847. The van der Waals surface area contributed by atoms with Crippen molar-refractivity contribution in [2.45, 2.75) is 24.8 Å². The van der Waals surface area contributed by atoms with Crippen LogP contribution in [-0.2, 0) is 0 Å². The number of piperazine rings is 1. The zero-order valence-corrected chi connectivity index (χ0v) is 19.9. The summed E-state index contributed by atoms with van der Waals surface area (Å²) in [4.78, 5) is 44.4. The highest BCUT2D eigenvalue weighted by molar-refractivity contribution is 5.95. The Hall–Kier alpha value is -3.39. The van der Waals surface area contributed by atoms with Crippen LogP contribution in [0.15, 0.2) is 54.6 Å². The first-order chi connectivity index (χ1) is 17.0. The fraction of sp³-hybridized carbons (Fsp3) is 0.444. The number of amides is 3. The Balaban J connectivity index is 1.07. The normalized spacial score (nSPS) is 19.9. The number of hydrogen-bond donors (Lipinski definition) is 1. The van der Waals surface area contributed by atoms with Crippen molar-refractivity contribution in [3.8, 4) is 0 Å². The van der Waals surface area contributed by atoms with Gasteiger partial charge in [-0.25, -0.2) is 4.79 Å². The molecule has 0 aromatic heterocycles. The van der Waals surface area contributed by atoms with E-state index in [1.165, 1.54) is 10.5 Å². The molecule has 3 aliphatic rings. The Labute approximate surface area is 205 Å². The van der Waals surface area contributed by atoms with Gasteiger partial charge in [-0.2, -0.15) is 0 Å². The Morgan fingerprint density at radius 1 is 0.657 bits per heavy atom. The van der Waals surface area contributed by atoms with Gasteiger partial charge in [-0.15, -0.1) is 0 Å². The van der Waals surface area contributed by atoms with Crippen molar-refractivity contribution in [3.63, 3.8) is 0 Å². The van der Waals surface area contributed by atoms with E-state index in [4.69, 9.17) is 5.11 Å². The zero-order valence-electron chi connectivity index (χ0n) is 19.9. The molecule has 0 unspecified atom stereocenters. The first-order valence-electron chi connectivity index (χ1n) is 12.4. The molecule has 184 valence electrons. The molecule has 0 bridgehead atoms. The number of carboxylic acid groups (broad SMARTS) is 1. The lowest BCUT2D eigenvalue weighted by Gasteiger charge is -2.48. The van der Waals surface area contributed by atoms with Gasteiger partial charge in [0.05, 0.1) is 0 Å². The molecule has 3 aliphatic heterocycles. The largest absolute Gasteiger partial charge is 0.465 e. The second kappa shape index (κ2) is 10.1. The SMILES string of the molecule is O=C(O)N1CCC(c2ccc(C(=O)N3CC(N4CCN(C(=O)c5ccccc5)CC4)C3)cc2)CC1. The number of likely N-dealkylation sites (tertiary alicyclic amines) is 2. The predicted molar refractivity (Wildman–Crippen MR) is 132 cm³/mol. The predicted octanol–water partition coefficient (Wildman–Crippen LogP) is 2.83. The molecule has 3 amide bonds. The van der Waals surface area contributed by atoms with Gasteiger partial charge in [0.1, 0.15) is 0 Å². The number of hydrogen-bond acceptors (Lipinski definition) is 4. The maximum atomic E-state index is 12.9. The molecule has 3 saturated heterocycles. The molecule has 8 nitrogen and oxygen atoms in total. The van der Waals surface area contributed by atoms with Gasteiger partial charge >= 0.3 is 6.09 Å². The average Bonchev–Trinajstić information content (AvgIpc) is 2.88. The highest BCUT2D eigenvalue weighted by Gasteiger charge is 2.37. The topological polar surface area (TPSA) is 84.4 Å². The van der Waals surface area contributed by atoms with E-state index in [1.807, 2.05) is 64.4 Å². The van der Waals surface area contributed by atoms with Gasteiger partial charge in [0.2, 0.25) is 0 Å². The number of nitrogens with zero attached hydrogens (tertiary/aromatic N) is 4. The molecule has 0 aliphatic carbocycles. The highest BCUT2D eigenvalue weighted by Crippen LogP contribution is 2.29. The molecular weight excluding hydrogens is 444 g/mol. The van der Waals surface area contributed by atoms with Crippen LogP contribution >= 0.6 is 0 Å². The Kier molecular flexibility index (Phi) is 6.72. The van der Waals surface area contributed by atoms with E-state index in [0.29, 0.717) is 43.7 Å². The molecule has 3 heterocycles. The van der Waals surface area contributed by atoms with Crippen LogP contribution in [0.1, 0.15) is 45.0 Å². The minimum absolute atomic E-state index is 0.0615. The molecule has 8 heteroatoms. The van der Waals surface area contributed by atoms with Crippen LogP contribution in [0.4, 0.5) is 4.79 Å². The number of rotatable bonds is 4. The average molecular weight is 477 g/mol. The maximum Gasteiger partial charge on any atom is 0.407 e. The lowest BCUT2D eigenvalue weighted by molar-refractivity contribution is 0.00853. The van der Waals surface area contributed by atoms with Crippen molar-refractivity contribution >= 4 is 17.9 Å². The van der Waals surface area contributed by atoms with E-state index in [-0.39, 0.29) is 11.8 Å². The summed E-state index contributed by atoms with van der Waals surface area (Å²) >= 11 is 0. The van der Waals surface area contributed by atoms with Crippen LogP contribution in [0.3, 0.4) is 0 Å². The number of carbonyl (C=O) groups excluding carboxylic acids is 2. The number of carbonyl (C=O) groups is 3. The Morgan fingerprint density at radius 2 is 1.23 bits per heavy atom. The molecule has 3 fully saturated rings. The minimum Gasteiger partial charge on any atom is -0.465 e. The van der Waals surface area contributed by atoms with Gasteiger partial charge in [-0.05, 0) is 48.6 Å². The second-order valence-corrected chi connectivity index (χ2v) is 9.72. The monoisotopic (exact) mass is 476 g/mol. The maximum absolute atomic E-state index is 12.9. The summed E-state index contributed by atoms with van der Waals surface area (Å²) in [5, 5.41) is 9.12. The second-order valence-electron chi connectivity index (χ2n) is 9.72. The van der Waals surface area contributed by atoms with Gasteiger partial charge in [0.25, 0.3) is 11.8 Å². The summed E-state index contributed by atoms with van der Waals surface area (Å²) in [5.74, 6) is 0.494. The van der Waals surface area contributed by atoms with Crippen molar-refractivity contribution in [1.29, 1.82) is 0 Å². The van der Waals surface area contributed by atoms with Crippen molar-refractivity contribution in [2.24, 2.45) is 0 Å². The molecule has 1 N–H and O–H groups in total. The summed E-state index contributed by atoms with van der Waals surface area (Å²) in [6.07, 6.45) is 0.787. The van der Waals surface area contributed by atoms with Crippen LogP contribution in [0, 0.1) is 0 Å². The fourth-order valence-corrected chi connectivity index (χ4v) is 5.39. The third kappa shape index (κ3) is 5.03. The summed E-state index contributed by atoms with van der Waals surface area (Å²) in [5.41, 5.74) is 2.61. The van der Waals surface area contributed by atoms with Crippen molar-refractivity contribution in [3.05, 3.63) is 71.3 Å². The van der Waals surface area contributed by atoms with Gasteiger partial charge < -0.3 is 19.8 Å². The summed E-state index contributed by atoms with van der Waals surface area (Å²) in [7, 11) is 0. The smallest absolute Gasteiger partial charge is 0.407 e. The van der Waals surface area contributed by atoms with Crippen LogP contribution in [0.2, 0.25) is 0 Å². The molecule has 0 saturated carbocycles. The summed E-state index contributed by atoms with van der Waals surface area (Å²) < 4.78 is 0. The van der Waals surface area contributed by atoms with Gasteiger partial charge in [-0.1, -0.05) is 30.3 Å². The van der Waals surface area contributed by atoms with Crippen LogP contribution in [0.25, 0.3) is 0 Å². The molecule has 35 heavy (non-hydrogen) atoms. The summed E-state index contributed by atoms with van der Waals surface area (Å²) in [6.45, 7) is 5.66. The molecular formula is C27H32N4O4. The summed E-state index contributed by atoms with van der Waals surface area (Å²) in [6, 6.07) is 17.6. The molecule has 2 aromatic carbocycles. The molecule has 0 radical (unpaired) electrons. The highest BCUT2D eigenvalue weighted by atomic mass is 16.4. The lowest BCUT2D eigenvalue weighted by Crippen LogP contribution is -2.64.